The first kappa shape index (κ1) is 12.6. The third-order valence-corrected chi connectivity index (χ3v) is 3.04. The first-order valence-electron chi connectivity index (χ1n) is 5.43. The summed E-state index contributed by atoms with van der Waals surface area (Å²) in [7, 11) is 0. The molecule has 2 rings (SSSR count). The molecular formula is C14H12BrNO2. The number of nitrogens with one attached hydrogen (secondary N) is 1. The molecule has 2 N–H and O–H groups in total. The Bertz CT molecular complexity index is 579. The highest BCUT2D eigenvalue weighted by atomic mass is 79.9. The number of carbonyl (C=O) groups is 1. The number of aromatic hydroxyl groups is 1. The van der Waals surface area contributed by atoms with Crippen LogP contribution in [0.25, 0.3) is 0 Å². The average Bonchev–Trinajstić information content (AvgIpc) is 2.34. The molecule has 2 aromatic rings. The highest BCUT2D eigenvalue weighted by Gasteiger charge is 2.08. The van der Waals surface area contributed by atoms with E-state index in [-0.39, 0.29) is 11.7 Å². The van der Waals surface area contributed by atoms with Gasteiger partial charge in [-0.3, -0.25) is 4.79 Å². The largest absolute Gasteiger partial charge is 0.506 e. The van der Waals surface area contributed by atoms with Gasteiger partial charge in [0, 0.05) is 10.0 Å². The van der Waals surface area contributed by atoms with Gasteiger partial charge >= 0.3 is 0 Å². The molecule has 18 heavy (non-hydrogen) atoms. The Labute approximate surface area is 114 Å². The first-order valence-corrected chi connectivity index (χ1v) is 6.22. The summed E-state index contributed by atoms with van der Waals surface area (Å²) in [5.74, 6) is -0.186. The van der Waals surface area contributed by atoms with Crippen molar-refractivity contribution in [2.75, 3.05) is 5.32 Å². The monoisotopic (exact) mass is 305 g/mol. The van der Waals surface area contributed by atoms with E-state index in [1.54, 1.807) is 42.5 Å². The van der Waals surface area contributed by atoms with Gasteiger partial charge in [-0.05, 0) is 48.9 Å². The van der Waals surface area contributed by atoms with Gasteiger partial charge in [0.1, 0.15) is 5.75 Å². The number of carbonyl (C=O) groups excluding carboxylic acids is 1. The zero-order valence-electron chi connectivity index (χ0n) is 9.77. The SMILES string of the molecule is Cc1ccc(O)c(NC(=O)c2ccc(Br)cc2)c1. The summed E-state index contributed by atoms with van der Waals surface area (Å²) < 4.78 is 0.914. The molecule has 2 aromatic carbocycles. The number of anilines is 1. The fourth-order valence-corrected chi connectivity index (χ4v) is 1.81. The molecule has 0 atom stereocenters. The van der Waals surface area contributed by atoms with E-state index >= 15 is 0 Å². The van der Waals surface area contributed by atoms with E-state index in [0.29, 0.717) is 11.3 Å². The number of benzene rings is 2. The number of hydrogen-bond acceptors (Lipinski definition) is 2. The summed E-state index contributed by atoms with van der Waals surface area (Å²) in [5.41, 5.74) is 1.93. The van der Waals surface area contributed by atoms with Crippen LogP contribution in [0.15, 0.2) is 46.9 Å². The van der Waals surface area contributed by atoms with Crippen molar-refractivity contribution in [3.8, 4) is 5.75 Å². The van der Waals surface area contributed by atoms with Gasteiger partial charge < -0.3 is 10.4 Å². The van der Waals surface area contributed by atoms with E-state index in [1.807, 2.05) is 6.92 Å². The summed E-state index contributed by atoms with van der Waals surface area (Å²) in [6.45, 7) is 1.90. The minimum absolute atomic E-state index is 0.0612. The van der Waals surface area contributed by atoms with Crippen molar-refractivity contribution >= 4 is 27.5 Å². The van der Waals surface area contributed by atoms with Crippen LogP contribution in [0.5, 0.6) is 5.75 Å². The van der Waals surface area contributed by atoms with Crippen LogP contribution in [0.1, 0.15) is 15.9 Å². The summed E-state index contributed by atoms with van der Waals surface area (Å²) in [6.07, 6.45) is 0. The Hall–Kier alpha value is -1.81. The third kappa shape index (κ3) is 2.90. The van der Waals surface area contributed by atoms with Gasteiger partial charge in [-0.2, -0.15) is 0 Å². The molecule has 0 aliphatic rings. The highest BCUT2D eigenvalue weighted by molar-refractivity contribution is 9.10. The molecule has 3 nitrogen and oxygen atoms in total. The molecule has 0 heterocycles. The van der Waals surface area contributed by atoms with Crippen LogP contribution in [-0.2, 0) is 0 Å². The van der Waals surface area contributed by atoms with E-state index in [9.17, 15) is 9.90 Å². The number of phenols is 1. The van der Waals surface area contributed by atoms with Gasteiger partial charge in [-0.25, -0.2) is 0 Å². The highest BCUT2D eigenvalue weighted by Crippen LogP contribution is 2.24. The van der Waals surface area contributed by atoms with Crippen molar-refractivity contribution in [3.63, 3.8) is 0 Å². The van der Waals surface area contributed by atoms with E-state index < -0.39 is 0 Å². The van der Waals surface area contributed by atoms with Crippen molar-refractivity contribution in [1.82, 2.24) is 0 Å². The number of phenolic OH excluding ortho intramolecular Hbond substituents is 1. The fourth-order valence-electron chi connectivity index (χ4n) is 1.55. The van der Waals surface area contributed by atoms with Gasteiger partial charge in [0.2, 0.25) is 0 Å². The quantitative estimate of drug-likeness (QED) is 0.831. The molecular weight excluding hydrogens is 294 g/mol. The van der Waals surface area contributed by atoms with E-state index in [0.717, 1.165) is 10.0 Å². The van der Waals surface area contributed by atoms with Crippen LogP contribution in [0.2, 0.25) is 0 Å². The molecule has 92 valence electrons. The fraction of sp³-hybridized carbons (Fsp3) is 0.0714. The second-order valence-electron chi connectivity index (χ2n) is 3.98. The van der Waals surface area contributed by atoms with Gasteiger partial charge in [-0.1, -0.05) is 22.0 Å². The minimum atomic E-state index is -0.247. The van der Waals surface area contributed by atoms with Gasteiger partial charge in [0.25, 0.3) is 5.91 Å². The maximum atomic E-state index is 12.0. The zero-order valence-corrected chi connectivity index (χ0v) is 11.4. The van der Waals surface area contributed by atoms with Crippen LogP contribution < -0.4 is 5.32 Å². The second kappa shape index (κ2) is 5.23. The van der Waals surface area contributed by atoms with Gasteiger partial charge in [0.05, 0.1) is 5.69 Å². The Kier molecular flexibility index (Phi) is 3.67. The number of halogens is 1. The maximum Gasteiger partial charge on any atom is 0.255 e. The molecule has 0 aromatic heterocycles. The molecule has 0 aliphatic heterocycles. The molecule has 0 spiro atoms. The average molecular weight is 306 g/mol. The Morgan fingerprint density at radius 3 is 2.50 bits per heavy atom. The summed E-state index contributed by atoms with van der Waals surface area (Å²) in [6, 6.07) is 12.1. The number of aryl methyl sites for hydroxylation is 1. The molecule has 0 radical (unpaired) electrons. The molecule has 0 bridgehead atoms. The molecule has 0 saturated heterocycles. The summed E-state index contributed by atoms with van der Waals surface area (Å²) in [5, 5.41) is 12.3. The number of hydrogen-bond donors (Lipinski definition) is 2. The van der Waals surface area contributed by atoms with Crippen molar-refractivity contribution < 1.29 is 9.90 Å². The first-order chi connectivity index (χ1) is 8.56. The Morgan fingerprint density at radius 2 is 1.83 bits per heavy atom. The molecule has 0 unspecified atom stereocenters. The van der Waals surface area contributed by atoms with Gasteiger partial charge in [-0.15, -0.1) is 0 Å². The smallest absolute Gasteiger partial charge is 0.255 e. The maximum absolute atomic E-state index is 12.0. The van der Waals surface area contributed by atoms with Crippen molar-refractivity contribution in [1.29, 1.82) is 0 Å². The Morgan fingerprint density at radius 1 is 1.17 bits per heavy atom. The second-order valence-corrected chi connectivity index (χ2v) is 4.90. The van der Waals surface area contributed by atoms with Crippen LogP contribution in [0.3, 0.4) is 0 Å². The summed E-state index contributed by atoms with van der Waals surface area (Å²) in [4.78, 5) is 12.0. The van der Waals surface area contributed by atoms with Gasteiger partial charge in [0.15, 0.2) is 0 Å². The van der Waals surface area contributed by atoms with E-state index in [1.165, 1.54) is 0 Å². The van der Waals surface area contributed by atoms with Crippen LogP contribution in [0.4, 0.5) is 5.69 Å². The predicted octanol–water partition coefficient (Wildman–Crippen LogP) is 3.72. The molecule has 0 aliphatic carbocycles. The van der Waals surface area contributed by atoms with Crippen molar-refractivity contribution in [3.05, 3.63) is 58.1 Å². The molecule has 0 fully saturated rings. The van der Waals surface area contributed by atoms with Crippen molar-refractivity contribution in [2.45, 2.75) is 6.92 Å². The topological polar surface area (TPSA) is 49.3 Å². The van der Waals surface area contributed by atoms with E-state index in [2.05, 4.69) is 21.2 Å². The van der Waals surface area contributed by atoms with Crippen LogP contribution in [-0.4, -0.2) is 11.0 Å². The molecule has 4 heteroatoms. The standard InChI is InChI=1S/C14H12BrNO2/c1-9-2-7-13(17)12(8-9)16-14(18)10-3-5-11(15)6-4-10/h2-8,17H,1H3,(H,16,18). The lowest BCUT2D eigenvalue weighted by molar-refractivity contribution is 0.102. The lowest BCUT2D eigenvalue weighted by Crippen LogP contribution is -2.11. The zero-order chi connectivity index (χ0) is 13.1. The lowest BCUT2D eigenvalue weighted by atomic mass is 10.2. The van der Waals surface area contributed by atoms with E-state index in [4.69, 9.17) is 0 Å². The third-order valence-electron chi connectivity index (χ3n) is 2.51. The Balaban J connectivity index is 2.21. The van der Waals surface area contributed by atoms with Crippen LogP contribution in [0, 0.1) is 6.92 Å². The van der Waals surface area contributed by atoms with Crippen LogP contribution >= 0.6 is 15.9 Å². The van der Waals surface area contributed by atoms with Crippen molar-refractivity contribution in [2.24, 2.45) is 0 Å². The molecule has 1 amide bonds. The summed E-state index contributed by atoms with van der Waals surface area (Å²) >= 11 is 3.31. The normalized spacial score (nSPS) is 10.1. The molecule has 0 saturated carbocycles. The number of rotatable bonds is 2. The predicted molar refractivity (Wildman–Crippen MR) is 74.9 cm³/mol. The lowest BCUT2D eigenvalue weighted by Gasteiger charge is -2.08. The minimum Gasteiger partial charge on any atom is -0.506 e. The number of amides is 1.